The number of aromatic nitrogens is 1. The van der Waals surface area contributed by atoms with Crippen LogP contribution >= 0.6 is 11.3 Å². The van der Waals surface area contributed by atoms with E-state index in [-0.39, 0.29) is 24.2 Å². The van der Waals surface area contributed by atoms with Crippen LogP contribution in [0.5, 0.6) is 5.75 Å². The molecular formula is C20H19FN2O2S. The van der Waals surface area contributed by atoms with Crippen LogP contribution in [0.2, 0.25) is 0 Å². The molecule has 3 aromatic rings. The molecule has 0 aliphatic carbocycles. The van der Waals surface area contributed by atoms with Gasteiger partial charge in [0, 0.05) is 19.0 Å². The van der Waals surface area contributed by atoms with E-state index in [1.54, 1.807) is 28.4 Å². The zero-order valence-corrected chi connectivity index (χ0v) is 15.0. The Kier molecular flexibility index (Phi) is 4.84. The molecule has 0 spiro atoms. The Balaban J connectivity index is 1.41. The second kappa shape index (κ2) is 7.41. The number of para-hydroxylation sites is 2. The van der Waals surface area contributed by atoms with Gasteiger partial charge in [-0.2, -0.15) is 0 Å². The van der Waals surface area contributed by atoms with Crippen LogP contribution in [-0.4, -0.2) is 35.5 Å². The van der Waals surface area contributed by atoms with Crippen molar-refractivity contribution in [3.63, 3.8) is 0 Å². The summed E-state index contributed by atoms with van der Waals surface area (Å²) in [7, 11) is 0. The third-order valence-electron chi connectivity index (χ3n) is 4.62. The molecule has 0 unspecified atom stereocenters. The number of amides is 1. The van der Waals surface area contributed by atoms with Crippen LogP contribution in [0.3, 0.4) is 0 Å². The molecule has 1 saturated heterocycles. The van der Waals surface area contributed by atoms with Crippen LogP contribution in [-0.2, 0) is 4.79 Å². The van der Waals surface area contributed by atoms with E-state index in [9.17, 15) is 9.18 Å². The Morgan fingerprint density at radius 1 is 1.23 bits per heavy atom. The summed E-state index contributed by atoms with van der Waals surface area (Å²) in [4.78, 5) is 19.0. The summed E-state index contributed by atoms with van der Waals surface area (Å²) in [5.74, 6) is -0.204. The molecule has 6 heteroatoms. The number of likely N-dealkylation sites (tertiary alicyclic amines) is 1. The predicted molar refractivity (Wildman–Crippen MR) is 100 cm³/mol. The fourth-order valence-corrected chi connectivity index (χ4v) is 4.36. The number of piperidine rings is 1. The molecule has 4 nitrogen and oxygen atoms in total. The van der Waals surface area contributed by atoms with Crippen LogP contribution in [0.1, 0.15) is 23.8 Å². The Morgan fingerprint density at radius 3 is 2.88 bits per heavy atom. The normalized spacial score (nSPS) is 17.4. The minimum Gasteiger partial charge on any atom is -0.481 e. The molecule has 1 atom stereocenters. The average molecular weight is 370 g/mol. The number of nitrogens with zero attached hydrogens (tertiary/aromatic N) is 2. The molecule has 134 valence electrons. The minimum absolute atomic E-state index is 0.112. The van der Waals surface area contributed by atoms with Gasteiger partial charge in [0.15, 0.2) is 18.2 Å². The first-order valence-electron chi connectivity index (χ1n) is 8.71. The maximum Gasteiger partial charge on any atom is 0.260 e. The fourth-order valence-electron chi connectivity index (χ4n) is 3.26. The number of halogens is 1. The second-order valence-electron chi connectivity index (χ2n) is 6.42. The summed E-state index contributed by atoms with van der Waals surface area (Å²) in [6, 6.07) is 14.2. The quantitative estimate of drug-likeness (QED) is 0.691. The number of carbonyl (C=O) groups excluding carboxylic acids is 1. The smallest absolute Gasteiger partial charge is 0.260 e. The topological polar surface area (TPSA) is 42.4 Å². The van der Waals surface area contributed by atoms with Crippen molar-refractivity contribution in [2.75, 3.05) is 19.7 Å². The summed E-state index contributed by atoms with van der Waals surface area (Å²) in [5, 5.41) is 1.08. The number of thiazole rings is 1. The van der Waals surface area contributed by atoms with Gasteiger partial charge in [-0.25, -0.2) is 9.37 Å². The molecule has 1 aromatic heterocycles. The average Bonchev–Trinajstić information content (AvgIpc) is 3.11. The summed E-state index contributed by atoms with van der Waals surface area (Å²) in [6.45, 7) is 1.20. The van der Waals surface area contributed by atoms with Crippen molar-refractivity contribution in [1.82, 2.24) is 9.88 Å². The van der Waals surface area contributed by atoms with Gasteiger partial charge >= 0.3 is 0 Å². The molecule has 2 aromatic carbocycles. The number of ether oxygens (including phenoxy) is 1. The fraction of sp³-hybridized carbons (Fsp3) is 0.300. The van der Waals surface area contributed by atoms with Crippen LogP contribution < -0.4 is 4.74 Å². The number of hydrogen-bond acceptors (Lipinski definition) is 4. The van der Waals surface area contributed by atoms with Crippen molar-refractivity contribution in [1.29, 1.82) is 0 Å². The van der Waals surface area contributed by atoms with E-state index in [1.807, 2.05) is 18.2 Å². The van der Waals surface area contributed by atoms with E-state index in [0.29, 0.717) is 13.1 Å². The lowest BCUT2D eigenvalue weighted by atomic mass is 9.99. The van der Waals surface area contributed by atoms with Crippen LogP contribution in [0, 0.1) is 5.82 Å². The number of hydrogen-bond donors (Lipinski definition) is 0. The lowest BCUT2D eigenvalue weighted by Gasteiger charge is -2.31. The highest BCUT2D eigenvalue weighted by atomic mass is 32.1. The van der Waals surface area contributed by atoms with Crippen molar-refractivity contribution in [3.05, 3.63) is 59.4 Å². The standard InChI is InChI=1S/C20H19FN2O2S/c21-15-7-1-3-9-17(15)25-13-19(24)23-11-5-6-14(12-23)20-22-16-8-2-4-10-18(16)26-20/h1-4,7-10,14H,5-6,11-13H2/t14-/m0/s1. The maximum atomic E-state index is 13.6. The number of rotatable bonds is 4. The van der Waals surface area contributed by atoms with Crippen molar-refractivity contribution in [3.8, 4) is 5.75 Å². The first-order valence-corrected chi connectivity index (χ1v) is 9.53. The molecule has 1 aliphatic heterocycles. The minimum atomic E-state index is -0.453. The van der Waals surface area contributed by atoms with Gasteiger partial charge in [-0.1, -0.05) is 24.3 Å². The lowest BCUT2D eigenvalue weighted by molar-refractivity contribution is -0.134. The first kappa shape index (κ1) is 17.0. The highest BCUT2D eigenvalue weighted by Crippen LogP contribution is 2.33. The Labute approximate surface area is 155 Å². The second-order valence-corrected chi connectivity index (χ2v) is 7.48. The van der Waals surface area contributed by atoms with Gasteiger partial charge in [-0.15, -0.1) is 11.3 Å². The van der Waals surface area contributed by atoms with Gasteiger partial charge < -0.3 is 9.64 Å². The van der Waals surface area contributed by atoms with Crippen molar-refractivity contribution >= 4 is 27.5 Å². The Bertz CT molecular complexity index is 894. The van der Waals surface area contributed by atoms with Crippen molar-refractivity contribution < 1.29 is 13.9 Å². The Hall–Kier alpha value is -2.47. The van der Waals surface area contributed by atoms with E-state index >= 15 is 0 Å². The number of carbonyl (C=O) groups is 1. The molecule has 1 amide bonds. The van der Waals surface area contributed by atoms with E-state index in [1.165, 1.54) is 16.8 Å². The molecule has 0 radical (unpaired) electrons. The summed E-state index contributed by atoms with van der Waals surface area (Å²) in [5.41, 5.74) is 1.01. The van der Waals surface area contributed by atoms with Crippen LogP contribution in [0.15, 0.2) is 48.5 Å². The van der Waals surface area contributed by atoms with Gasteiger partial charge in [0.05, 0.1) is 15.2 Å². The third kappa shape index (κ3) is 3.55. The largest absolute Gasteiger partial charge is 0.481 e. The van der Waals surface area contributed by atoms with Crippen LogP contribution in [0.25, 0.3) is 10.2 Å². The molecule has 0 bridgehead atoms. The van der Waals surface area contributed by atoms with Crippen molar-refractivity contribution in [2.45, 2.75) is 18.8 Å². The van der Waals surface area contributed by atoms with Gasteiger partial charge in [-0.05, 0) is 37.1 Å². The van der Waals surface area contributed by atoms with E-state index in [0.717, 1.165) is 23.4 Å². The highest BCUT2D eigenvalue weighted by Gasteiger charge is 2.27. The van der Waals surface area contributed by atoms with E-state index in [4.69, 9.17) is 9.72 Å². The summed E-state index contributed by atoms with van der Waals surface area (Å²) < 4.78 is 20.1. The van der Waals surface area contributed by atoms with Gasteiger partial charge in [0.1, 0.15) is 0 Å². The van der Waals surface area contributed by atoms with Gasteiger partial charge in [-0.3, -0.25) is 4.79 Å². The van der Waals surface area contributed by atoms with Crippen LogP contribution in [0.4, 0.5) is 4.39 Å². The van der Waals surface area contributed by atoms with E-state index in [2.05, 4.69) is 6.07 Å². The zero-order valence-electron chi connectivity index (χ0n) is 14.2. The number of benzene rings is 2. The molecule has 1 fully saturated rings. The molecule has 0 N–H and O–H groups in total. The summed E-state index contributed by atoms with van der Waals surface area (Å²) in [6.07, 6.45) is 1.96. The molecule has 2 heterocycles. The number of fused-ring (bicyclic) bond motifs is 1. The van der Waals surface area contributed by atoms with Gasteiger partial charge in [0.25, 0.3) is 5.91 Å². The van der Waals surface area contributed by atoms with Crippen molar-refractivity contribution in [2.24, 2.45) is 0 Å². The predicted octanol–water partition coefficient (Wildman–Crippen LogP) is 4.22. The van der Waals surface area contributed by atoms with E-state index < -0.39 is 5.82 Å². The lowest BCUT2D eigenvalue weighted by Crippen LogP contribution is -2.41. The maximum absolute atomic E-state index is 13.6. The summed E-state index contributed by atoms with van der Waals surface area (Å²) >= 11 is 1.70. The molecular weight excluding hydrogens is 351 g/mol. The first-order chi connectivity index (χ1) is 12.7. The molecule has 4 rings (SSSR count). The SMILES string of the molecule is O=C(COc1ccccc1F)N1CCC[C@H](c2nc3ccccc3s2)C1. The molecule has 26 heavy (non-hydrogen) atoms. The zero-order chi connectivity index (χ0) is 17.9. The third-order valence-corrected chi connectivity index (χ3v) is 5.82. The molecule has 1 aliphatic rings. The molecule has 0 saturated carbocycles. The highest BCUT2D eigenvalue weighted by molar-refractivity contribution is 7.18. The Morgan fingerprint density at radius 2 is 2.04 bits per heavy atom. The monoisotopic (exact) mass is 370 g/mol. The van der Waals surface area contributed by atoms with Gasteiger partial charge in [0.2, 0.25) is 0 Å².